The van der Waals surface area contributed by atoms with Crippen molar-refractivity contribution in [3.05, 3.63) is 48.0 Å². The van der Waals surface area contributed by atoms with E-state index in [1.807, 2.05) is 19.1 Å². The topological polar surface area (TPSA) is 51.2 Å². The van der Waals surface area contributed by atoms with Crippen molar-refractivity contribution >= 4 is 5.91 Å². The number of hydrogen-bond donors (Lipinski definition) is 1. The van der Waals surface area contributed by atoms with Gasteiger partial charge < -0.3 is 10.1 Å². The number of pyridine rings is 1. The van der Waals surface area contributed by atoms with Crippen LogP contribution in [0.5, 0.6) is 5.75 Å². The number of nitrogens with zero attached hydrogens (tertiary/aromatic N) is 1. The average Bonchev–Trinajstić information content (AvgIpc) is 2.51. The van der Waals surface area contributed by atoms with Crippen molar-refractivity contribution < 1.29 is 13.9 Å². The fourth-order valence-electron chi connectivity index (χ4n) is 2.49. The molecule has 1 N–H and O–H groups in total. The van der Waals surface area contributed by atoms with Crippen LogP contribution in [0, 0.1) is 12.7 Å². The number of carbonyl (C=O) groups is 1. The van der Waals surface area contributed by atoms with Crippen molar-refractivity contribution in [1.82, 2.24) is 10.3 Å². The molecule has 0 radical (unpaired) electrons. The molecule has 0 saturated carbocycles. The lowest BCUT2D eigenvalue weighted by Gasteiger charge is -2.25. The van der Waals surface area contributed by atoms with Crippen molar-refractivity contribution in [1.29, 1.82) is 0 Å². The number of nitrogens with one attached hydrogen (secondary N) is 1. The lowest BCUT2D eigenvalue weighted by molar-refractivity contribution is -0.123. The fraction of sp³-hybridized carbons (Fsp3) is 0.294. The Hall–Kier alpha value is -2.43. The fourth-order valence-corrected chi connectivity index (χ4v) is 2.49. The number of amides is 1. The van der Waals surface area contributed by atoms with Gasteiger partial charge in [0, 0.05) is 23.9 Å². The molecule has 2 aromatic rings. The number of carbonyl (C=O) groups excluding carboxylic acids is 1. The third-order valence-corrected chi connectivity index (χ3v) is 3.69. The Labute approximate surface area is 128 Å². The minimum atomic E-state index is -0.344. The third-order valence-electron chi connectivity index (χ3n) is 3.69. The predicted molar refractivity (Wildman–Crippen MR) is 81.0 cm³/mol. The van der Waals surface area contributed by atoms with Gasteiger partial charge in [0.2, 0.25) is 5.91 Å². The normalized spacial score (nSPS) is 17.9. The maximum absolute atomic E-state index is 14.3. The number of rotatable bonds is 3. The monoisotopic (exact) mass is 300 g/mol. The standard InChI is InChI=1S/C17H17FN2O2/c1-11-5-6-12(9-19-11)17-14(18)3-2-4-15(17)22-13-7-8-16(21)20-10-13/h2-6,9,13H,7-8,10H2,1H3,(H,20,21). The first-order valence-corrected chi connectivity index (χ1v) is 7.28. The Morgan fingerprint density at radius 1 is 1.32 bits per heavy atom. The van der Waals surface area contributed by atoms with Gasteiger partial charge in [0.05, 0.1) is 12.1 Å². The summed E-state index contributed by atoms with van der Waals surface area (Å²) in [7, 11) is 0. The second kappa shape index (κ2) is 6.13. The summed E-state index contributed by atoms with van der Waals surface area (Å²) in [5.41, 5.74) is 1.96. The van der Waals surface area contributed by atoms with Crippen LogP contribution in [0.25, 0.3) is 11.1 Å². The van der Waals surface area contributed by atoms with Gasteiger partial charge in [-0.05, 0) is 31.5 Å². The van der Waals surface area contributed by atoms with E-state index in [1.54, 1.807) is 18.3 Å². The predicted octanol–water partition coefficient (Wildman–Crippen LogP) is 2.85. The zero-order valence-corrected chi connectivity index (χ0v) is 12.3. The third kappa shape index (κ3) is 3.08. The van der Waals surface area contributed by atoms with E-state index in [1.165, 1.54) is 6.07 Å². The summed E-state index contributed by atoms with van der Waals surface area (Å²) >= 11 is 0. The number of aromatic nitrogens is 1. The van der Waals surface area contributed by atoms with Gasteiger partial charge in [0.1, 0.15) is 17.7 Å². The smallest absolute Gasteiger partial charge is 0.220 e. The van der Waals surface area contributed by atoms with Crippen molar-refractivity contribution in [3.8, 4) is 16.9 Å². The second-order valence-electron chi connectivity index (χ2n) is 5.38. The number of aryl methyl sites for hydroxylation is 1. The van der Waals surface area contributed by atoms with E-state index in [9.17, 15) is 9.18 Å². The zero-order chi connectivity index (χ0) is 15.5. The quantitative estimate of drug-likeness (QED) is 0.948. The Kier molecular flexibility index (Phi) is 4.04. The average molecular weight is 300 g/mol. The van der Waals surface area contributed by atoms with Crippen LogP contribution in [0.15, 0.2) is 36.5 Å². The molecule has 1 unspecified atom stereocenters. The SMILES string of the molecule is Cc1ccc(-c2c(F)cccc2OC2CCC(=O)NC2)cn1. The molecule has 1 aliphatic rings. The van der Waals surface area contributed by atoms with Gasteiger partial charge in [-0.15, -0.1) is 0 Å². The largest absolute Gasteiger partial charge is 0.488 e. The molecule has 1 fully saturated rings. The van der Waals surface area contributed by atoms with Gasteiger partial charge in [-0.25, -0.2) is 4.39 Å². The molecule has 1 aliphatic heterocycles. The van der Waals surface area contributed by atoms with Crippen molar-refractivity contribution in [2.75, 3.05) is 6.54 Å². The molecule has 0 spiro atoms. The molecule has 0 aliphatic carbocycles. The summed E-state index contributed by atoms with van der Waals surface area (Å²) in [6.45, 7) is 2.33. The summed E-state index contributed by atoms with van der Waals surface area (Å²) in [4.78, 5) is 15.4. The maximum atomic E-state index is 14.3. The van der Waals surface area contributed by atoms with Gasteiger partial charge >= 0.3 is 0 Å². The molecule has 1 amide bonds. The number of ether oxygens (including phenoxy) is 1. The van der Waals surface area contributed by atoms with Crippen molar-refractivity contribution in [2.24, 2.45) is 0 Å². The first kappa shape index (κ1) is 14.5. The van der Waals surface area contributed by atoms with Crippen LogP contribution in [0.1, 0.15) is 18.5 Å². The number of benzene rings is 1. The second-order valence-corrected chi connectivity index (χ2v) is 5.38. The number of piperidine rings is 1. The lowest BCUT2D eigenvalue weighted by atomic mass is 10.0. The van der Waals surface area contributed by atoms with Crippen LogP contribution in [-0.2, 0) is 4.79 Å². The molecule has 0 bridgehead atoms. The highest BCUT2D eigenvalue weighted by Gasteiger charge is 2.21. The van der Waals surface area contributed by atoms with E-state index in [4.69, 9.17) is 4.74 Å². The van der Waals surface area contributed by atoms with Gasteiger partial charge in [0.15, 0.2) is 0 Å². The van der Waals surface area contributed by atoms with Crippen LogP contribution in [0.2, 0.25) is 0 Å². The van der Waals surface area contributed by atoms with Gasteiger partial charge in [-0.1, -0.05) is 12.1 Å². The van der Waals surface area contributed by atoms with Gasteiger partial charge in [0.25, 0.3) is 0 Å². The molecule has 22 heavy (non-hydrogen) atoms. The minimum Gasteiger partial charge on any atom is -0.488 e. The molecule has 114 valence electrons. The van der Waals surface area contributed by atoms with E-state index < -0.39 is 0 Å². The molecule has 1 aromatic carbocycles. The van der Waals surface area contributed by atoms with E-state index in [2.05, 4.69) is 10.3 Å². The summed E-state index contributed by atoms with van der Waals surface area (Å²) < 4.78 is 20.2. The van der Waals surface area contributed by atoms with Crippen LogP contribution < -0.4 is 10.1 Å². The first-order chi connectivity index (χ1) is 10.6. The van der Waals surface area contributed by atoms with Gasteiger partial charge in [-0.3, -0.25) is 9.78 Å². The van der Waals surface area contributed by atoms with Crippen LogP contribution in [0.3, 0.4) is 0 Å². The Balaban J connectivity index is 1.89. The maximum Gasteiger partial charge on any atom is 0.220 e. The minimum absolute atomic E-state index is 0.0297. The number of hydrogen-bond acceptors (Lipinski definition) is 3. The van der Waals surface area contributed by atoms with Crippen molar-refractivity contribution in [3.63, 3.8) is 0 Å². The molecule has 1 atom stereocenters. The summed E-state index contributed by atoms with van der Waals surface area (Å²) in [6, 6.07) is 8.44. The van der Waals surface area contributed by atoms with Crippen LogP contribution in [0.4, 0.5) is 4.39 Å². The Morgan fingerprint density at radius 2 is 2.18 bits per heavy atom. The van der Waals surface area contributed by atoms with Gasteiger partial charge in [-0.2, -0.15) is 0 Å². The van der Waals surface area contributed by atoms with Crippen LogP contribution >= 0.6 is 0 Å². The molecule has 1 aromatic heterocycles. The van der Waals surface area contributed by atoms with E-state index in [-0.39, 0.29) is 17.8 Å². The lowest BCUT2D eigenvalue weighted by Crippen LogP contribution is -2.40. The van der Waals surface area contributed by atoms with Crippen molar-refractivity contribution in [2.45, 2.75) is 25.9 Å². The summed E-state index contributed by atoms with van der Waals surface area (Å²) in [6.07, 6.45) is 2.56. The Bertz CT molecular complexity index is 676. The number of halogens is 1. The molecule has 1 saturated heterocycles. The zero-order valence-electron chi connectivity index (χ0n) is 12.3. The van der Waals surface area contributed by atoms with E-state index in [0.29, 0.717) is 36.3 Å². The molecule has 4 nitrogen and oxygen atoms in total. The molecular formula is C17H17FN2O2. The first-order valence-electron chi connectivity index (χ1n) is 7.28. The van der Waals surface area contributed by atoms with Crippen LogP contribution in [-0.4, -0.2) is 23.5 Å². The molecule has 2 heterocycles. The van der Waals surface area contributed by atoms with E-state index >= 15 is 0 Å². The highest BCUT2D eigenvalue weighted by molar-refractivity contribution is 5.76. The summed E-state index contributed by atoms with van der Waals surface area (Å²) in [5, 5.41) is 2.76. The molecule has 5 heteroatoms. The summed E-state index contributed by atoms with van der Waals surface area (Å²) in [5.74, 6) is 0.164. The highest BCUT2D eigenvalue weighted by atomic mass is 19.1. The molecule has 3 rings (SSSR count). The molecular weight excluding hydrogens is 283 g/mol. The Morgan fingerprint density at radius 3 is 2.86 bits per heavy atom. The van der Waals surface area contributed by atoms with E-state index in [0.717, 1.165) is 5.69 Å². The highest BCUT2D eigenvalue weighted by Crippen LogP contribution is 2.33.